The van der Waals surface area contributed by atoms with Crippen molar-refractivity contribution in [3.63, 3.8) is 0 Å². The van der Waals surface area contributed by atoms with Crippen LogP contribution in [0.4, 0.5) is 11.4 Å². The summed E-state index contributed by atoms with van der Waals surface area (Å²) in [6.07, 6.45) is 0. The zero-order valence-electron chi connectivity index (χ0n) is 16.0. The number of amides is 1. The van der Waals surface area contributed by atoms with E-state index in [9.17, 15) is 14.9 Å². The molecule has 0 unspecified atom stereocenters. The first-order chi connectivity index (χ1) is 14.5. The van der Waals surface area contributed by atoms with Gasteiger partial charge in [-0.25, -0.2) is 0 Å². The van der Waals surface area contributed by atoms with Crippen molar-refractivity contribution in [2.75, 3.05) is 11.1 Å². The highest BCUT2D eigenvalue weighted by atomic mass is 32.2. The van der Waals surface area contributed by atoms with E-state index in [-0.39, 0.29) is 17.3 Å². The van der Waals surface area contributed by atoms with Crippen LogP contribution in [-0.4, -0.2) is 31.3 Å². The molecule has 0 aliphatic carbocycles. The number of rotatable bonds is 6. The SMILES string of the molecule is Cn1c(SCC(=O)Nc2ccc3ccccc3c2)nnc1-c1cccc([N+](=O)[O-])c1. The van der Waals surface area contributed by atoms with Crippen molar-refractivity contribution < 1.29 is 9.72 Å². The summed E-state index contributed by atoms with van der Waals surface area (Å²) >= 11 is 1.25. The van der Waals surface area contributed by atoms with Crippen LogP contribution in [0.15, 0.2) is 71.9 Å². The molecule has 150 valence electrons. The Morgan fingerprint density at radius 2 is 1.87 bits per heavy atom. The molecule has 0 aliphatic rings. The third-order valence-electron chi connectivity index (χ3n) is 4.52. The minimum atomic E-state index is -0.452. The Morgan fingerprint density at radius 1 is 1.07 bits per heavy atom. The van der Waals surface area contributed by atoms with E-state index in [1.54, 1.807) is 23.7 Å². The summed E-state index contributed by atoms with van der Waals surface area (Å²) in [4.78, 5) is 22.9. The predicted octanol–water partition coefficient (Wildman–Crippen LogP) is 4.27. The van der Waals surface area contributed by atoms with Crippen LogP contribution in [0.1, 0.15) is 0 Å². The molecule has 0 radical (unpaired) electrons. The number of hydrogen-bond donors (Lipinski definition) is 1. The maximum atomic E-state index is 12.4. The lowest BCUT2D eigenvalue weighted by Gasteiger charge is -2.07. The smallest absolute Gasteiger partial charge is 0.270 e. The van der Waals surface area contributed by atoms with Crippen LogP contribution in [0.25, 0.3) is 22.2 Å². The Kier molecular flexibility index (Phi) is 5.44. The number of carbonyl (C=O) groups is 1. The molecule has 1 N–H and O–H groups in total. The molecule has 1 amide bonds. The number of hydrogen-bond acceptors (Lipinski definition) is 6. The highest BCUT2D eigenvalue weighted by Crippen LogP contribution is 2.26. The number of nitrogens with one attached hydrogen (secondary N) is 1. The topological polar surface area (TPSA) is 103 Å². The number of fused-ring (bicyclic) bond motifs is 1. The van der Waals surface area contributed by atoms with Gasteiger partial charge in [0, 0.05) is 30.4 Å². The number of non-ortho nitro benzene ring substituents is 1. The summed E-state index contributed by atoms with van der Waals surface area (Å²) in [5, 5.41) is 24.8. The zero-order chi connectivity index (χ0) is 21.1. The second kappa shape index (κ2) is 8.34. The lowest BCUT2D eigenvalue weighted by molar-refractivity contribution is -0.384. The van der Waals surface area contributed by atoms with Gasteiger partial charge < -0.3 is 9.88 Å². The van der Waals surface area contributed by atoms with Crippen molar-refractivity contribution in [2.24, 2.45) is 7.05 Å². The molecule has 1 heterocycles. The van der Waals surface area contributed by atoms with E-state index in [2.05, 4.69) is 15.5 Å². The summed E-state index contributed by atoms with van der Waals surface area (Å²) in [7, 11) is 1.76. The van der Waals surface area contributed by atoms with Crippen LogP contribution in [0.2, 0.25) is 0 Å². The third-order valence-corrected chi connectivity index (χ3v) is 5.54. The summed E-state index contributed by atoms with van der Waals surface area (Å²) in [5.74, 6) is 0.500. The van der Waals surface area contributed by atoms with Gasteiger partial charge in [-0.1, -0.05) is 54.2 Å². The largest absolute Gasteiger partial charge is 0.325 e. The molecule has 0 aliphatic heterocycles. The molecule has 4 aromatic rings. The lowest BCUT2D eigenvalue weighted by atomic mass is 10.1. The van der Waals surface area contributed by atoms with E-state index in [4.69, 9.17) is 0 Å². The first-order valence-corrected chi connectivity index (χ1v) is 10.1. The molecular formula is C21H17N5O3S. The Labute approximate surface area is 176 Å². The number of nitro benzene ring substituents is 1. The standard InChI is InChI=1S/C21H17N5O3S/c1-25-20(16-7-4-8-18(12-16)26(28)29)23-24-21(25)30-13-19(27)22-17-10-9-14-5-2-3-6-15(14)11-17/h2-12H,13H2,1H3,(H,22,27). The molecule has 9 heteroatoms. The van der Waals surface area contributed by atoms with Gasteiger partial charge >= 0.3 is 0 Å². The average molecular weight is 419 g/mol. The normalized spacial score (nSPS) is 10.8. The Hall–Kier alpha value is -3.72. The second-order valence-electron chi connectivity index (χ2n) is 6.57. The molecule has 0 fully saturated rings. The van der Waals surface area contributed by atoms with Gasteiger partial charge in [0.2, 0.25) is 5.91 Å². The molecular weight excluding hydrogens is 402 g/mol. The number of carbonyl (C=O) groups excluding carboxylic acids is 1. The molecule has 1 aromatic heterocycles. The van der Waals surface area contributed by atoms with E-state index >= 15 is 0 Å². The summed E-state index contributed by atoms with van der Waals surface area (Å²) in [5.41, 5.74) is 1.31. The fourth-order valence-electron chi connectivity index (χ4n) is 3.04. The van der Waals surface area contributed by atoms with Crippen molar-refractivity contribution in [1.29, 1.82) is 0 Å². The van der Waals surface area contributed by atoms with E-state index in [1.807, 2.05) is 42.5 Å². The molecule has 0 spiro atoms. The van der Waals surface area contributed by atoms with E-state index in [0.29, 0.717) is 16.5 Å². The van der Waals surface area contributed by atoms with Crippen LogP contribution < -0.4 is 5.32 Å². The fourth-order valence-corrected chi connectivity index (χ4v) is 3.76. The van der Waals surface area contributed by atoms with Gasteiger partial charge in [0.1, 0.15) is 0 Å². The van der Waals surface area contributed by atoms with Crippen molar-refractivity contribution in [3.05, 3.63) is 76.8 Å². The number of anilines is 1. The first kappa shape index (κ1) is 19.6. The average Bonchev–Trinajstić information content (AvgIpc) is 3.12. The number of nitro groups is 1. The number of thioether (sulfide) groups is 1. The Morgan fingerprint density at radius 3 is 2.67 bits per heavy atom. The highest BCUT2D eigenvalue weighted by Gasteiger charge is 2.15. The molecule has 30 heavy (non-hydrogen) atoms. The van der Waals surface area contributed by atoms with Crippen LogP contribution in [0, 0.1) is 10.1 Å². The second-order valence-corrected chi connectivity index (χ2v) is 7.51. The monoisotopic (exact) mass is 419 g/mol. The van der Waals surface area contributed by atoms with Gasteiger partial charge in [-0.15, -0.1) is 10.2 Å². The molecule has 0 saturated carbocycles. The molecule has 0 atom stereocenters. The van der Waals surface area contributed by atoms with Crippen molar-refractivity contribution in [1.82, 2.24) is 14.8 Å². The molecule has 8 nitrogen and oxygen atoms in total. The van der Waals surface area contributed by atoms with E-state index in [0.717, 1.165) is 16.5 Å². The van der Waals surface area contributed by atoms with Gasteiger partial charge in [-0.2, -0.15) is 0 Å². The number of nitrogens with zero attached hydrogens (tertiary/aromatic N) is 4. The predicted molar refractivity (Wildman–Crippen MR) is 116 cm³/mol. The Balaban J connectivity index is 1.43. The zero-order valence-corrected chi connectivity index (χ0v) is 16.8. The van der Waals surface area contributed by atoms with Crippen LogP contribution in [0.5, 0.6) is 0 Å². The molecule has 0 saturated heterocycles. The third kappa shape index (κ3) is 4.15. The van der Waals surface area contributed by atoms with Gasteiger partial charge in [-0.05, 0) is 22.9 Å². The van der Waals surface area contributed by atoms with Crippen molar-refractivity contribution in [3.8, 4) is 11.4 Å². The maximum Gasteiger partial charge on any atom is 0.270 e. The van der Waals surface area contributed by atoms with Gasteiger partial charge in [0.25, 0.3) is 5.69 Å². The molecule has 4 rings (SSSR count). The summed E-state index contributed by atoms with van der Waals surface area (Å²) < 4.78 is 1.72. The molecule has 0 bridgehead atoms. The van der Waals surface area contributed by atoms with E-state index in [1.165, 1.54) is 23.9 Å². The maximum absolute atomic E-state index is 12.4. The summed E-state index contributed by atoms with van der Waals surface area (Å²) in [6.45, 7) is 0. The number of aromatic nitrogens is 3. The van der Waals surface area contributed by atoms with Crippen LogP contribution >= 0.6 is 11.8 Å². The van der Waals surface area contributed by atoms with E-state index < -0.39 is 4.92 Å². The lowest BCUT2D eigenvalue weighted by Crippen LogP contribution is -2.14. The van der Waals surface area contributed by atoms with Gasteiger partial charge in [0.05, 0.1) is 10.7 Å². The number of benzene rings is 3. The summed E-state index contributed by atoms with van der Waals surface area (Å²) in [6, 6.07) is 19.9. The van der Waals surface area contributed by atoms with Crippen LogP contribution in [-0.2, 0) is 11.8 Å². The first-order valence-electron chi connectivity index (χ1n) is 9.07. The van der Waals surface area contributed by atoms with Gasteiger partial charge in [0.15, 0.2) is 11.0 Å². The quantitative estimate of drug-likeness (QED) is 0.284. The van der Waals surface area contributed by atoms with Crippen LogP contribution in [0.3, 0.4) is 0 Å². The minimum absolute atomic E-state index is 0.0144. The van der Waals surface area contributed by atoms with Gasteiger partial charge in [-0.3, -0.25) is 14.9 Å². The fraction of sp³-hybridized carbons (Fsp3) is 0.0952. The highest BCUT2D eigenvalue weighted by molar-refractivity contribution is 7.99. The molecule has 3 aromatic carbocycles. The Bertz CT molecular complexity index is 1250. The van der Waals surface area contributed by atoms with Crippen molar-refractivity contribution >= 4 is 39.8 Å². The van der Waals surface area contributed by atoms with Crippen molar-refractivity contribution in [2.45, 2.75) is 5.16 Å². The minimum Gasteiger partial charge on any atom is -0.325 e.